The van der Waals surface area contributed by atoms with Gasteiger partial charge in [-0.1, -0.05) is 0 Å². The van der Waals surface area contributed by atoms with E-state index >= 15 is 0 Å². The van der Waals surface area contributed by atoms with Crippen LogP contribution >= 0.6 is 12.2 Å². The molecule has 8 heteroatoms. The monoisotopic (exact) mass is 213 g/mol. The molecule has 0 bridgehead atoms. The van der Waals surface area contributed by atoms with Gasteiger partial charge in [0.1, 0.15) is 0 Å². The summed E-state index contributed by atoms with van der Waals surface area (Å²) in [7, 11) is 0. The largest absolute Gasteiger partial charge is 0.375 e. The van der Waals surface area contributed by atoms with Gasteiger partial charge in [0.25, 0.3) is 11.5 Å². The second-order valence-electron chi connectivity index (χ2n) is 2.25. The molecule has 0 fully saturated rings. The Kier molecular flexibility index (Phi) is 3.13. The molecule has 0 atom stereocenters. The molecular formula is C6H7N5O2S. The van der Waals surface area contributed by atoms with Crippen LogP contribution in [0.3, 0.4) is 0 Å². The summed E-state index contributed by atoms with van der Waals surface area (Å²) in [6.07, 6.45) is 0. The van der Waals surface area contributed by atoms with E-state index in [1.807, 2.05) is 0 Å². The summed E-state index contributed by atoms with van der Waals surface area (Å²) in [4.78, 5) is 21.8. The molecule has 1 rings (SSSR count). The minimum atomic E-state index is -0.547. The molecule has 1 heterocycles. The highest BCUT2D eigenvalue weighted by Crippen LogP contribution is 1.86. The lowest BCUT2D eigenvalue weighted by molar-refractivity contribution is 0.0938. The Labute approximate surface area is 83.7 Å². The average molecular weight is 213 g/mol. The van der Waals surface area contributed by atoms with Crippen molar-refractivity contribution in [1.29, 1.82) is 0 Å². The maximum Gasteiger partial charge on any atom is 0.290 e. The third-order valence-electron chi connectivity index (χ3n) is 1.21. The van der Waals surface area contributed by atoms with E-state index in [9.17, 15) is 9.59 Å². The van der Waals surface area contributed by atoms with Crippen LogP contribution in [0.5, 0.6) is 0 Å². The second kappa shape index (κ2) is 4.33. The van der Waals surface area contributed by atoms with Gasteiger partial charge in [0, 0.05) is 6.07 Å². The Morgan fingerprint density at radius 2 is 2.21 bits per heavy atom. The number of amides is 1. The Bertz CT molecular complexity index is 394. The predicted octanol–water partition coefficient (Wildman–Crippen LogP) is -1.75. The fraction of sp³-hybridized carbons (Fsp3) is 0. The number of carbonyl (C=O) groups is 1. The summed E-state index contributed by atoms with van der Waals surface area (Å²) in [6, 6.07) is 2.46. The molecule has 0 radical (unpaired) electrons. The lowest BCUT2D eigenvalue weighted by Gasteiger charge is -2.04. The van der Waals surface area contributed by atoms with E-state index in [1.54, 1.807) is 0 Å². The van der Waals surface area contributed by atoms with E-state index in [1.165, 1.54) is 12.1 Å². The number of aromatic amines is 1. The molecule has 7 nitrogen and oxygen atoms in total. The number of aromatic nitrogens is 2. The first-order chi connectivity index (χ1) is 6.59. The van der Waals surface area contributed by atoms with Crippen LogP contribution in [0.15, 0.2) is 16.9 Å². The van der Waals surface area contributed by atoms with Crippen molar-refractivity contribution in [3.8, 4) is 0 Å². The maximum absolute atomic E-state index is 11.2. The summed E-state index contributed by atoms with van der Waals surface area (Å²) < 4.78 is 0. The Hall–Kier alpha value is -1.96. The quantitative estimate of drug-likeness (QED) is 0.325. The Balaban J connectivity index is 2.65. The summed E-state index contributed by atoms with van der Waals surface area (Å²) >= 11 is 4.46. The fourth-order valence-corrected chi connectivity index (χ4v) is 0.704. The van der Waals surface area contributed by atoms with Crippen molar-refractivity contribution in [1.82, 2.24) is 21.0 Å². The van der Waals surface area contributed by atoms with Crippen molar-refractivity contribution in [2.75, 3.05) is 0 Å². The third kappa shape index (κ3) is 2.83. The lowest BCUT2D eigenvalue weighted by atomic mass is 10.4. The summed E-state index contributed by atoms with van der Waals surface area (Å²) in [5, 5.41) is 5.53. The van der Waals surface area contributed by atoms with Crippen molar-refractivity contribution in [2.24, 2.45) is 5.73 Å². The van der Waals surface area contributed by atoms with Crippen molar-refractivity contribution >= 4 is 23.2 Å². The fourth-order valence-electron chi connectivity index (χ4n) is 0.653. The van der Waals surface area contributed by atoms with Gasteiger partial charge in [0.15, 0.2) is 10.8 Å². The van der Waals surface area contributed by atoms with Crippen LogP contribution in [0.2, 0.25) is 0 Å². The normalized spacial score (nSPS) is 9.14. The van der Waals surface area contributed by atoms with E-state index < -0.39 is 5.91 Å². The molecule has 1 amide bonds. The zero-order chi connectivity index (χ0) is 10.6. The number of thiocarbonyl (C=S) groups is 1. The minimum absolute atomic E-state index is 0.0494. The van der Waals surface area contributed by atoms with E-state index in [0.29, 0.717) is 0 Å². The number of hydrogen-bond donors (Lipinski definition) is 4. The SMILES string of the molecule is NC(=S)NNC(=O)c1ccc(=O)[nH]n1. The van der Waals surface area contributed by atoms with Gasteiger partial charge in [-0.05, 0) is 18.3 Å². The van der Waals surface area contributed by atoms with Gasteiger partial charge < -0.3 is 5.73 Å². The zero-order valence-electron chi connectivity index (χ0n) is 6.90. The number of nitrogens with two attached hydrogens (primary N) is 1. The number of nitrogens with zero attached hydrogens (tertiary/aromatic N) is 1. The molecule has 74 valence electrons. The average Bonchev–Trinajstić information content (AvgIpc) is 2.15. The summed E-state index contributed by atoms with van der Waals surface area (Å²) in [6.45, 7) is 0. The molecule has 5 N–H and O–H groups in total. The summed E-state index contributed by atoms with van der Waals surface area (Å²) in [5.41, 5.74) is 9.15. The number of rotatable bonds is 1. The molecule has 0 spiro atoms. The van der Waals surface area contributed by atoms with Gasteiger partial charge >= 0.3 is 0 Å². The number of hydrogen-bond acceptors (Lipinski definition) is 4. The first-order valence-corrected chi connectivity index (χ1v) is 3.92. The smallest absolute Gasteiger partial charge is 0.290 e. The molecular weight excluding hydrogens is 206 g/mol. The third-order valence-corrected chi connectivity index (χ3v) is 1.31. The molecule has 0 saturated carbocycles. The van der Waals surface area contributed by atoms with E-state index in [-0.39, 0.29) is 16.4 Å². The van der Waals surface area contributed by atoms with Crippen molar-refractivity contribution in [2.45, 2.75) is 0 Å². The second-order valence-corrected chi connectivity index (χ2v) is 2.69. The van der Waals surface area contributed by atoms with Crippen molar-refractivity contribution in [3.05, 3.63) is 28.2 Å². The highest BCUT2D eigenvalue weighted by Gasteiger charge is 2.05. The van der Waals surface area contributed by atoms with Gasteiger partial charge in [0.05, 0.1) is 0 Å². The van der Waals surface area contributed by atoms with Crippen LogP contribution in [0.1, 0.15) is 10.5 Å². The van der Waals surface area contributed by atoms with Crippen LogP contribution in [0.4, 0.5) is 0 Å². The van der Waals surface area contributed by atoms with Crippen LogP contribution in [0, 0.1) is 0 Å². The zero-order valence-corrected chi connectivity index (χ0v) is 7.72. The van der Waals surface area contributed by atoms with Crippen LogP contribution < -0.4 is 22.1 Å². The molecule has 1 aromatic heterocycles. The van der Waals surface area contributed by atoms with Crippen LogP contribution in [0.25, 0.3) is 0 Å². The van der Waals surface area contributed by atoms with Crippen molar-refractivity contribution in [3.63, 3.8) is 0 Å². The molecule has 14 heavy (non-hydrogen) atoms. The van der Waals surface area contributed by atoms with E-state index in [2.05, 4.69) is 33.3 Å². The molecule has 1 aromatic rings. The topological polar surface area (TPSA) is 113 Å². The molecule has 0 aromatic carbocycles. The molecule has 0 aliphatic carbocycles. The molecule has 0 saturated heterocycles. The molecule has 0 aliphatic rings. The van der Waals surface area contributed by atoms with Gasteiger partial charge in [-0.25, -0.2) is 5.10 Å². The molecule has 0 unspecified atom stereocenters. The Morgan fingerprint density at radius 1 is 1.50 bits per heavy atom. The standard InChI is InChI=1S/C6H7N5O2S/c7-6(14)11-10-5(13)3-1-2-4(12)9-8-3/h1-2H,(H,9,12)(H,10,13)(H3,7,11,14). The Morgan fingerprint density at radius 3 is 2.71 bits per heavy atom. The first kappa shape index (κ1) is 10.1. The molecule has 0 aliphatic heterocycles. The van der Waals surface area contributed by atoms with E-state index in [4.69, 9.17) is 5.73 Å². The van der Waals surface area contributed by atoms with Gasteiger partial charge in [-0.15, -0.1) is 0 Å². The first-order valence-electron chi connectivity index (χ1n) is 3.51. The highest BCUT2D eigenvalue weighted by molar-refractivity contribution is 7.80. The van der Waals surface area contributed by atoms with Gasteiger partial charge in [-0.2, -0.15) is 5.10 Å². The van der Waals surface area contributed by atoms with Crippen LogP contribution in [-0.4, -0.2) is 21.2 Å². The lowest BCUT2D eigenvalue weighted by Crippen LogP contribution is -2.44. The highest BCUT2D eigenvalue weighted by atomic mass is 32.1. The number of nitrogens with one attached hydrogen (secondary N) is 3. The van der Waals surface area contributed by atoms with Gasteiger partial charge in [0.2, 0.25) is 0 Å². The van der Waals surface area contributed by atoms with Crippen molar-refractivity contribution < 1.29 is 4.79 Å². The summed E-state index contributed by atoms with van der Waals surface area (Å²) in [5.74, 6) is -0.547. The number of H-pyrrole nitrogens is 1. The number of carbonyl (C=O) groups excluding carboxylic acids is 1. The number of hydrazine groups is 1. The van der Waals surface area contributed by atoms with Gasteiger partial charge in [-0.3, -0.25) is 20.4 Å². The minimum Gasteiger partial charge on any atom is -0.375 e. The predicted molar refractivity (Wildman–Crippen MR) is 52.2 cm³/mol. The maximum atomic E-state index is 11.2. The van der Waals surface area contributed by atoms with Crippen LogP contribution in [-0.2, 0) is 0 Å². The van der Waals surface area contributed by atoms with E-state index in [0.717, 1.165) is 0 Å².